The largest absolute Gasteiger partial charge is 0.378 e. The van der Waals surface area contributed by atoms with Gasteiger partial charge in [-0.05, 0) is 25.1 Å². The quantitative estimate of drug-likeness (QED) is 0.789. The topological polar surface area (TPSA) is 63.1 Å². The molecule has 0 bridgehead atoms. The van der Waals surface area contributed by atoms with Crippen LogP contribution in [0.2, 0.25) is 5.02 Å². The summed E-state index contributed by atoms with van der Waals surface area (Å²) >= 11 is 5.91. The van der Waals surface area contributed by atoms with Gasteiger partial charge in [0.05, 0.1) is 31.0 Å². The number of rotatable bonds is 5. The number of anilines is 1. The van der Waals surface area contributed by atoms with Gasteiger partial charge in [-0.1, -0.05) is 11.6 Å². The van der Waals surface area contributed by atoms with Crippen LogP contribution >= 0.6 is 11.6 Å². The van der Waals surface area contributed by atoms with Gasteiger partial charge in [-0.3, -0.25) is 9.59 Å². The van der Waals surface area contributed by atoms with Gasteiger partial charge in [0.15, 0.2) is 12.6 Å². The van der Waals surface area contributed by atoms with E-state index in [1.165, 1.54) is 12.1 Å². The first kappa shape index (κ1) is 18.6. The Morgan fingerprint density at radius 1 is 1.42 bits per heavy atom. The van der Waals surface area contributed by atoms with Gasteiger partial charge in [0.2, 0.25) is 0 Å². The van der Waals surface area contributed by atoms with Crippen LogP contribution in [0.5, 0.6) is 0 Å². The monoisotopic (exact) mass is 358 g/mol. The molecule has 0 saturated carbocycles. The average Bonchev–Trinajstić information content (AvgIpc) is 2.57. The van der Waals surface area contributed by atoms with Crippen molar-refractivity contribution in [3.8, 4) is 0 Å². The van der Waals surface area contributed by atoms with E-state index in [0.717, 1.165) is 11.0 Å². The van der Waals surface area contributed by atoms with Crippen LogP contribution in [0.4, 0.5) is 10.1 Å². The van der Waals surface area contributed by atoms with Crippen LogP contribution in [0.3, 0.4) is 0 Å². The standard InChI is InChI=1S/C16H21ClFN3O3/c1-11(16(23)19-14-4-3-12(18)9-13(14)17)20(2)10-15(22)21-5-7-24-8-6-21/h3-4,9,11H,5-8,10H2,1-2H3,(H,19,23)/p+1/t11-/m0/s1. The normalized spacial score (nSPS) is 17.2. The third-order valence-corrected chi connectivity index (χ3v) is 4.43. The lowest BCUT2D eigenvalue weighted by molar-refractivity contribution is -0.886. The fourth-order valence-electron chi connectivity index (χ4n) is 2.37. The van der Waals surface area contributed by atoms with Gasteiger partial charge in [-0.2, -0.15) is 0 Å². The predicted octanol–water partition coefficient (Wildman–Crippen LogP) is 0.180. The maximum atomic E-state index is 13.0. The minimum absolute atomic E-state index is 0.00438. The van der Waals surface area contributed by atoms with Gasteiger partial charge in [-0.15, -0.1) is 0 Å². The van der Waals surface area contributed by atoms with Crippen molar-refractivity contribution < 1.29 is 23.6 Å². The summed E-state index contributed by atoms with van der Waals surface area (Å²) < 4.78 is 18.3. The van der Waals surface area contributed by atoms with Crippen LogP contribution in [0.15, 0.2) is 18.2 Å². The fourth-order valence-corrected chi connectivity index (χ4v) is 2.59. The first-order valence-corrected chi connectivity index (χ1v) is 8.20. The summed E-state index contributed by atoms with van der Waals surface area (Å²) in [6.07, 6.45) is 0. The molecular formula is C16H22ClFN3O3+. The van der Waals surface area contributed by atoms with Gasteiger partial charge in [0.25, 0.3) is 11.8 Å². The van der Waals surface area contributed by atoms with Gasteiger partial charge in [0, 0.05) is 13.1 Å². The minimum atomic E-state index is -0.468. The molecule has 132 valence electrons. The Bertz CT molecular complexity index is 608. The number of halogens is 2. The van der Waals surface area contributed by atoms with Crippen LogP contribution in [-0.2, 0) is 14.3 Å². The molecule has 2 atom stereocenters. The number of quaternary nitrogens is 1. The zero-order valence-corrected chi connectivity index (χ0v) is 14.5. The molecule has 1 aromatic carbocycles. The summed E-state index contributed by atoms with van der Waals surface area (Å²) in [5, 5.41) is 2.80. The Balaban J connectivity index is 1.90. The molecule has 1 unspecified atom stereocenters. The highest BCUT2D eigenvalue weighted by Gasteiger charge is 2.27. The summed E-state index contributed by atoms with van der Waals surface area (Å²) in [6, 6.07) is 3.32. The fraction of sp³-hybridized carbons (Fsp3) is 0.500. The first-order chi connectivity index (χ1) is 11.4. The van der Waals surface area contributed by atoms with Crippen molar-refractivity contribution in [2.45, 2.75) is 13.0 Å². The second-order valence-corrected chi connectivity index (χ2v) is 6.26. The molecule has 0 spiro atoms. The number of carbonyl (C=O) groups excluding carboxylic acids is 2. The van der Waals surface area contributed by atoms with E-state index < -0.39 is 11.9 Å². The van der Waals surface area contributed by atoms with Gasteiger partial charge >= 0.3 is 0 Å². The summed E-state index contributed by atoms with van der Waals surface area (Å²) in [7, 11) is 1.79. The molecule has 1 fully saturated rings. The summed E-state index contributed by atoms with van der Waals surface area (Å²) in [5.74, 6) is -0.754. The van der Waals surface area contributed by atoms with Crippen molar-refractivity contribution in [2.24, 2.45) is 0 Å². The van der Waals surface area contributed by atoms with Gasteiger partial charge in [-0.25, -0.2) is 4.39 Å². The van der Waals surface area contributed by atoms with E-state index in [1.807, 2.05) is 0 Å². The van der Waals surface area contributed by atoms with Crippen molar-refractivity contribution in [1.82, 2.24) is 4.90 Å². The Morgan fingerprint density at radius 3 is 2.71 bits per heavy atom. The van der Waals surface area contributed by atoms with Gasteiger partial charge in [0.1, 0.15) is 5.82 Å². The molecule has 0 radical (unpaired) electrons. The van der Waals surface area contributed by atoms with Crippen LogP contribution in [0, 0.1) is 5.82 Å². The Labute approximate surface area is 145 Å². The van der Waals surface area contributed by atoms with E-state index in [4.69, 9.17) is 16.3 Å². The zero-order valence-electron chi connectivity index (χ0n) is 13.8. The van der Waals surface area contributed by atoms with Crippen molar-refractivity contribution in [1.29, 1.82) is 0 Å². The smallest absolute Gasteiger partial charge is 0.282 e. The number of nitrogens with one attached hydrogen (secondary N) is 2. The zero-order chi connectivity index (χ0) is 17.7. The molecule has 6 nitrogen and oxygen atoms in total. The summed E-state index contributed by atoms with van der Waals surface area (Å²) in [4.78, 5) is 27.1. The Hall–Kier alpha value is -1.70. The molecule has 1 saturated heterocycles. The van der Waals surface area contributed by atoms with Gasteiger partial charge < -0.3 is 19.9 Å². The molecule has 8 heteroatoms. The number of hydrogen-bond donors (Lipinski definition) is 2. The number of ether oxygens (including phenoxy) is 1. The highest BCUT2D eigenvalue weighted by atomic mass is 35.5. The van der Waals surface area contributed by atoms with Crippen molar-refractivity contribution in [2.75, 3.05) is 45.2 Å². The van der Waals surface area contributed by atoms with E-state index in [1.54, 1.807) is 18.9 Å². The second kappa shape index (κ2) is 8.41. The molecule has 1 aliphatic rings. The van der Waals surface area contributed by atoms with Crippen LogP contribution in [0.25, 0.3) is 0 Å². The number of amides is 2. The van der Waals surface area contributed by atoms with Crippen molar-refractivity contribution >= 4 is 29.1 Å². The predicted molar refractivity (Wildman–Crippen MR) is 88.7 cm³/mol. The highest BCUT2D eigenvalue weighted by molar-refractivity contribution is 6.33. The Kier molecular flexibility index (Phi) is 6.53. The molecular weight excluding hydrogens is 337 g/mol. The van der Waals surface area contributed by atoms with Crippen molar-refractivity contribution in [3.63, 3.8) is 0 Å². The minimum Gasteiger partial charge on any atom is -0.378 e. The molecule has 0 aliphatic carbocycles. The van der Waals surface area contributed by atoms with E-state index in [0.29, 0.717) is 32.0 Å². The molecule has 1 aromatic rings. The summed E-state index contributed by atoms with van der Waals surface area (Å²) in [6.45, 7) is 4.20. The van der Waals surface area contributed by atoms with E-state index in [-0.39, 0.29) is 23.4 Å². The van der Waals surface area contributed by atoms with E-state index in [9.17, 15) is 14.0 Å². The summed E-state index contributed by atoms with van der Waals surface area (Å²) in [5.41, 5.74) is 0.349. The maximum absolute atomic E-state index is 13.0. The van der Waals surface area contributed by atoms with E-state index in [2.05, 4.69) is 5.32 Å². The molecule has 2 amide bonds. The number of morpholine rings is 1. The number of carbonyl (C=O) groups is 2. The third-order valence-electron chi connectivity index (χ3n) is 4.12. The van der Waals surface area contributed by atoms with Crippen LogP contribution in [-0.4, -0.2) is 62.7 Å². The molecule has 2 N–H and O–H groups in total. The van der Waals surface area contributed by atoms with Crippen LogP contribution in [0.1, 0.15) is 6.92 Å². The Morgan fingerprint density at radius 2 is 2.08 bits per heavy atom. The average molecular weight is 359 g/mol. The number of nitrogens with zero attached hydrogens (tertiary/aromatic N) is 1. The SMILES string of the molecule is C[C@@H](C(=O)Nc1ccc(F)cc1Cl)[NH+](C)CC(=O)N1CCOCC1. The molecule has 2 rings (SSSR count). The molecule has 24 heavy (non-hydrogen) atoms. The molecule has 1 aliphatic heterocycles. The maximum Gasteiger partial charge on any atom is 0.282 e. The third kappa shape index (κ3) is 4.90. The van der Waals surface area contributed by atoms with Crippen LogP contribution < -0.4 is 10.2 Å². The lowest BCUT2D eigenvalue weighted by atomic mass is 10.2. The van der Waals surface area contributed by atoms with Crippen molar-refractivity contribution in [3.05, 3.63) is 29.0 Å². The lowest BCUT2D eigenvalue weighted by Gasteiger charge is -2.28. The van der Waals surface area contributed by atoms with E-state index >= 15 is 0 Å². The number of benzene rings is 1. The second-order valence-electron chi connectivity index (χ2n) is 5.85. The molecule has 1 heterocycles. The first-order valence-electron chi connectivity index (χ1n) is 7.82. The number of likely N-dealkylation sites (N-methyl/N-ethyl adjacent to an activating group) is 1. The lowest BCUT2D eigenvalue weighted by Crippen LogP contribution is -3.15. The number of hydrogen-bond acceptors (Lipinski definition) is 3. The molecule has 0 aromatic heterocycles. The highest BCUT2D eigenvalue weighted by Crippen LogP contribution is 2.22.